The lowest BCUT2D eigenvalue weighted by molar-refractivity contribution is 1.03. The van der Waals surface area contributed by atoms with Gasteiger partial charge in [0.15, 0.2) is 0 Å². The van der Waals surface area contributed by atoms with Crippen molar-refractivity contribution in [3.63, 3.8) is 0 Å². The summed E-state index contributed by atoms with van der Waals surface area (Å²) in [4.78, 5) is 4.79. The van der Waals surface area contributed by atoms with Crippen LogP contribution < -0.4 is 0 Å². The fraction of sp³-hybridized carbons (Fsp3) is 0.278. The zero-order chi connectivity index (χ0) is 13.7. The maximum atomic E-state index is 4.79. The molecule has 0 unspecified atom stereocenters. The third-order valence-corrected chi connectivity index (χ3v) is 3.36. The minimum Gasteiger partial charge on any atom is -0.258 e. The molecule has 0 aliphatic rings. The maximum absolute atomic E-state index is 4.79. The molecule has 19 heavy (non-hydrogen) atoms. The molecule has 0 saturated heterocycles. The largest absolute Gasteiger partial charge is 0.258 e. The van der Waals surface area contributed by atoms with Crippen molar-refractivity contribution in [2.75, 3.05) is 0 Å². The van der Waals surface area contributed by atoms with E-state index in [0.717, 1.165) is 18.5 Å². The van der Waals surface area contributed by atoms with Crippen molar-refractivity contribution in [2.24, 2.45) is 4.99 Å². The summed E-state index contributed by atoms with van der Waals surface area (Å²) in [7, 11) is 0. The Morgan fingerprint density at radius 3 is 2.16 bits per heavy atom. The molecule has 0 heterocycles. The molecule has 0 saturated carbocycles. The molecule has 0 atom stereocenters. The van der Waals surface area contributed by atoms with E-state index in [-0.39, 0.29) is 0 Å². The molecule has 0 bridgehead atoms. The summed E-state index contributed by atoms with van der Waals surface area (Å²) in [6.07, 6.45) is 2.07. The van der Waals surface area contributed by atoms with Gasteiger partial charge < -0.3 is 0 Å². The van der Waals surface area contributed by atoms with E-state index in [9.17, 15) is 0 Å². The van der Waals surface area contributed by atoms with Gasteiger partial charge in [0.05, 0.1) is 5.69 Å². The van der Waals surface area contributed by atoms with Gasteiger partial charge in [0.2, 0.25) is 0 Å². The third kappa shape index (κ3) is 3.78. The fourth-order valence-corrected chi connectivity index (χ4v) is 2.20. The first-order valence-electron chi connectivity index (χ1n) is 6.81. The van der Waals surface area contributed by atoms with E-state index in [4.69, 9.17) is 4.99 Å². The van der Waals surface area contributed by atoms with Crippen LogP contribution in [0.5, 0.6) is 0 Å². The molecule has 1 heteroatoms. The number of benzene rings is 2. The zero-order valence-electron chi connectivity index (χ0n) is 12.0. The van der Waals surface area contributed by atoms with Crippen molar-refractivity contribution in [1.29, 1.82) is 0 Å². The lowest BCUT2D eigenvalue weighted by Crippen LogP contribution is -1.95. The van der Waals surface area contributed by atoms with Crippen LogP contribution in [0.25, 0.3) is 0 Å². The maximum Gasteiger partial charge on any atom is 0.0687 e. The smallest absolute Gasteiger partial charge is 0.0687 e. The highest BCUT2D eigenvalue weighted by molar-refractivity contribution is 5.85. The number of rotatable bonds is 4. The van der Waals surface area contributed by atoms with Gasteiger partial charge in [0.25, 0.3) is 0 Å². The Morgan fingerprint density at radius 1 is 0.895 bits per heavy atom. The minimum atomic E-state index is 1.01. The number of aliphatic imine (C=N–C) groups is 1. The Bertz CT molecular complexity index is 547. The van der Waals surface area contributed by atoms with Crippen LogP contribution in [0.1, 0.15) is 30.0 Å². The summed E-state index contributed by atoms with van der Waals surface area (Å²) < 4.78 is 0. The summed E-state index contributed by atoms with van der Waals surface area (Å²) in [6, 6.07) is 16.9. The predicted octanol–water partition coefficient (Wildman–Crippen LogP) is 5.03. The molecule has 2 aromatic rings. The zero-order valence-corrected chi connectivity index (χ0v) is 12.0. The standard InChI is InChI=1S/C18H21N/c1-14-8-7-9-15(2)18(14)19-16(3)12-13-17-10-5-4-6-11-17/h4-11H,12-13H2,1-3H3. The van der Waals surface area contributed by atoms with Gasteiger partial charge in [-0.3, -0.25) is 4.99 Å². The van der Waals surface area contributed by atoms with Crippen LogP contribution >= 0.6 is 0 Å². The molecule has 0 aromatic heterocycles. The van der Waals surface area contributed by atoms with Gasteiger partial charge in [-0.2, -0.15) is 0 Å². The molecule has 0 aliphatic heterocycles. The molecule has 0 spiro atoms. The first-order chi connectivity index (χ1) is 9.16. The van der Waals surface area contributed by atoms with Gasteiger partial charge in [-0.05, 0) is 50.3 Å². The number of aryl methyl sites for hydroxylation is 3. The second kappa shape index (κ2) is 6.33. The van der Waals surface area contributed by atoms with E-state index in [1.165, 1.54) is 22.4 Å². The highest BCUT2D eigenvalue weighted by Gasteiger charge is 2.01. The topological polar surface area (TPSA) is 12.4 Å². The van der Waals surface area contributed by atoms with E-state index < -0.39 is 0 Å². The van der Waals surface area contributed by atoms with Crippen LogP contribution in [-0.4, -0.2) is 5.71 Å². The first-order valence-corrected chi connectivity index (χ1v) is 6.81. The summed E-state index contributed by atoms with van der Waals surface area (Å²) >= 11 is 0. The van der Waals surface area contributed by atoms with Crippen LogP contribution in [0.15, 0.2) is 53.5 Å². The van der Waals surface area contributed by atoms with E-state index in [2.05, 4.69) is 69.3 Å². The Morgan fingerprint density at radius 2 is 1.53 bits per heavy atom. The van der Waals surface area contributed by atoms with E-state index in [1.54, 1.807) is 0 Å². The monoisotopic (exact) mass is 251 g/mol. The average Bonchev–Trinajstić information content (AvgIpc) is 2.42. The molecule has 1 nitrogen and oxygen atoms in total. The Kier molecular flexibility index (Phi) is 4.51. The van der Waals surface area contributed by atoms with Crippen LogP contribution in [0, 0.1) is 13.8 Å². The number of hydrogen-bond acceptors (Lipinski definition) is 1. The first kappa shape index (κ1) is 13.5. The molecule has 2 aromatic carbocycles. The van der Waals surface area contributed by atoms with E-state index in [0.29, 0.717) is 0 Å². The highest BCUT2D eigenvalue weighted by atomic mass is 14.7. The molecule has 0 radical (unpaired) electrons. The number of para-hydroxylation sites is 1. The van der Waals surface area contributed by atoms with Crippen molar-refractivity contribution >= 4 is 11.4 Å². The number of hydrogen-bond donors (Lipinski definition) is 0. The number of nitrogens with zero attached hydrogens (tertiary/aromatic N) is 1. The lowest BCUT2D eigenvalue weighted by Gasteiger charge is -2.07. The Hall–Kier alpha value is -1.89. The second-order valence-corrected chi connectivity index (χ2v) is 5.07. The van der Waals surface area contributed by atoms with Crippen LogP contribution in [0.2, 0.25) is 0 Å². The van der Waals surface area contributed by atoms with Crippen LogP contribution in [0.4, 0.5) is 5.69 Å². The molecular formula is C18H21N. The molecule has 98 valence electrons. The van der Waals surface area contributed by atoms with Gasteiger partial charge in [-0.25, -0.2) is 0 Å². The van der Waals surface area contributed by atoms with Crippen molar-refractivity contribution < 1.29 is 0 Å². The van der Waals surface area contributed by atoms with Crippen molar-refractivity contribution in [3.05, 3.63) is 65.2 Å². The fourth-order valence-electron chi connectivity index (χ4n) is 2.20. The molecule has 0 amide bonds. The molecule has 2 rings (SSSR count). The lowest BCUT2D eigenvalue weighted by atomic mass is 10.1. The highest BCUT2D eigenvalue weighted by Crippen LogP contribution is 2.23. The quantitative estimate of drug-likeness (QED) is 0.676. The third-order valence-electron chi connectivity index (χ3n) is 3.36. The molecule has 0 fully saturated rings. The Balaban J connectivity index is 2.07. The normalized spacial score (nSPS) is 11.6. The molecular weight excluding hydrogens is 230 g/mol. The SMILES string of the molecule is CC(CCc1ccccc1)=Nc1c(C)cccc1C. The molecule has 0 N–H and O–H groups in total. The Labute approximate surface area is 116 Å². The van der Waals surface area contributed by atoms with Crippen LogP contribution in [0.3, 0.4) is 0 Å². The van der Waals surface area contributed by atoms with E-state index in [1.807, 2.05) is 0 Å². The summed E-state index contributed by atoms with van der Waals surface area (Å²) in [6.45, 7) is 6.36. The van der Waals surface area contributed by atoms with Crippen LogP contribution in [-0.2, 0) is 6.42 Å². The van der Waals surface area contributed by atoms with Gasteiger partial charge in [-0.1, -0.05) is 48.5 Å². The van der Waals surface area contributed by atoms with Crippen molar-refractivity contribution in [1.82, 2.24) is 0 Å². The van der Waals surface area contributed by atoms with Gasteiger partial charge in [0.1, 0.15) is 0 Å². The van der Waals surface area contributed by atoms with Crippen molar-refractivity contribution in [3.8, 4) is 0 Å². The summed E-state index contributed by atoms with van der Waals surface area (Å²) in [5.74, 6) is 0. The summed E-state index contributed by atoms with van der Waals surface area (Å²) in [5, 5.41) is 0. The summed E-state index contributed by atoms with van der Waals surface area (Å²) in [5.41, 5.74) is 6.20. The average molecular weight is 251 g/mol. The van der Waals surface area contributed by atoms with Gasteiger partial charge in [0, 0.05) is 5.71 Å². The second-order valence-electron chi connectivity index (χ2n) is 5.07. The van der Waals surface area contributed by atoms with E-state index >= 15 is 0 Å². The van der Waals surface area contributed by atoms with Crippen molar-refractivity contribution in [2.45, 2.75) is 33.6 Å². The molecule has 0 aliphatic carbocycles. The predicted molar refractivity (Wildman–Crippen MR) is 83.4 cm³/mol. The van der Waals surface area contributed by atoms with Gasteiger partial charge in [-0.15, -0.1) is 0 Å². The van der Waals surface area contributed by atoms with Gasteiger partial charge >= 0.3 is 0 Å². The minimum absolute atomic E-state index is 1.01.